The minimum absolute atomic E-state index is 0. The monoisotopic (exact) mass is 329 g/mol. The fourth-order valence-electron chi connectivity index (χ4n) is 1.64. The highest BCUT2D eigenvalue weighted by molar-refractivity contribution is 6.34. The van der Waals surface area contributed by atoms with Gasteiger partial charge in [-0.05, 0) is 30.3 Å². The molecule has 2 aromatic rings. The van der Waals surface area contributed by atoms with Crippen molar-refractivity contribution in [3.63, 3.8) is 0 Å². The maximum Gasteiger partial charge on any atom is 0.335 e. The maximum atomic E-state index is 13.6. The molecular weight excluding hydrogens is 320 g/mol. The molecule has 0 saturated carbocycles. The number of anilines is 1. The summed E-state index contributed by atoms with van der Waals surface area (Å²) in [7, 11) is 0. The van der Waals surface area contributed by atoms with E-state index >= 15 is 0 Å². The van der Waals surface area contributed by atoms with E-state index in [1.807, 2.05) is 0 Å². The van der Waals surface area contributed by atoms with Crippen LogP contribution in [-0.2, 0) is 0 Å². The van der Waals surface area contributed by atoms with Gasteiger partial charge >= 0.3 is 5.97 Å². The molecular formula is C14H10Cl2FNO3. The molecule has 2 rings (SSSR count). The Morgan fingerprint density at radius 3 is 2.43 bits per heavy atom. The van der Waals surface area contributed by atoms with E-state index < -0.39 is 17.7 Å². The molecule has 0 aromatic heterocycles. The van der Waals surface area contributed by atoms with E-state index in [1.54, 1.807) is 0 Å². The van der Waals surface area contributed by atoms with Gasteiger partial charge in [-0.1, -0.05) is 23.7 Å². The van der Waals surface area contributed by atoms with Gasteiger partial charge in [0.25, 0.3) is 5.91 Å². The Morgan fingerprint density at radius 2 is 1.81 bits per heavy atom. The number of carbonyl (C=O) groups excluding carboxylic acids is 1. The lowest BCUT2D eigenvalue weighted by Crippen LogP contribution is -2.14. The van der Waals surface area contributed by atoms with E-state index in [9.17, 15) is 14.0 Å². The summed E-state index contributed by atoms with van der Waals surface area (Å²) in [5.41, 5.74) is -0.0217. The Hall–Kier alpha value is -2.11. The van der Waals surface area contributed by atoms with E-state index in [2.05, 4.69) is 5.32 Å². The highest BCUT2D eigenvalue weighted by atomic mass is 35.5. The first-order valence-corrected chi connectivity index (χ1v) is 5.95. The van der Waals surface area contributed by atoms with Gasteiger partial charge in [0.2, 0.25) is 0 Å². The molecule has 0 unspecified atom stereocenters. The van der Waals surface area contributed by atoms with Crippen LogP contribution in [0, 0.1) is 5.82 Å². The Labute approximate surface area is 131 Å². The number of rotatable bonds is 3. The van der Waals surface area contributed by atoms with Crippen molar-refractivity contribution in [2.45, 2.75) is 0 Å². The number of hydrogen-bond acceptors (Lipinski definition) is 2. The summed E-state index contributed by atoms with van der Waals surface area (Å²) in [5.74, 6) is -2.61. The SMILES string of the molecule is Cl.O=C(O)c1cccc(NC(=O)c2c(F)cccc2Cl)c1. The number of carbonyl (C=O) groups is 2. The third kappa shape index (κ3) is 3.93. The molecule has 0 atom stereocenters. The standard InChI is InChI=1S/C14H9ClFNO3.ClH/c15-10-5-2-6-11(16)12(10)13(18)17-9-4-1-3-8(7-9)14(19)20;/h1-7H,(H,17,18)(H,19,20);1H. The first kappa shape index (κ1) is 16.9. The Kier molecular flexibility index (Phi) is 5.69. The van der Waals surface area contributed by atoms with Gasteiger partial charge < -0.3 is 10.4 Å². The Balaban J connectivity index is 0.00000220. The molecule has 1 amide bonds. The fraction of sp³-hybridized carbons (Fsp3) is 0. The van der Waals surface area contributed by atoms with Gasteiger partial charge in [0.1, 0.15) is 5.82 Å². The van der Waals surface area contributed by atoms with Crippen molar-refractivity contribution in [1.29, 1.82) is 0 Å². The van der Waals surface area contributed by atoms with Gasteiger partial charge in [0, 0.05) is 5.69 Å². The van der Waals surface area contributed by atoms with E-state index in [4.69, 9.17) is 16.7 Å². The molecule has 4 nitrogen and oxygen atoms in total. The topological polar surface area (TPSA) is 66.4 Å². The summed E-state index contributed by atoms with van der Waals surface area (Å²) < 4.78 is 13.6. The molecule has 0 heterocycles. The second kappa shape index (κ2) is 7.06. The summed E-state index contributed by atoms with van der Waals surface area (Å²) in [6.45, 7) is 0. The van der Waals surface area contributed by atoms with Crippen molar-refractivity contribution in [3.05, 3.63) is 64.4 Å². The first-order chi connectivity index (χ1) is 9.49. The molecule has 0 radical (unpaired) electrons. The fourth-order valence-corrected chi connectivity index (χ4v) is 1.89. The Morgan fingerprint density at radius 1 is 1.14 bits per heavy atom. The smallest absolute Gasteiger partial charge is 0.335 e. The average molecular weight is 330 g/mol. The number of carboxylic acid groups (broad SMARTS) is 1. The lowest BCUT2D eigenvalue weighted by atomic mass is 10.1. The summed E-state index contributed by atoms with van der Waals surface area (Å²) >= 11 is 5.78. The summed E-state index contributed by atoms with van der Waals surface area (Å²) in [5, 5.41) is 11.2. The Bertz CT molecular complexity index is 671. The van der Waals surface area contributed by atoms with Crippen LogP contribution in [0.3, 0.4) is 0 Å². The third-order valence-electron chi connectivity index (χ3n) is 2.56. The van der Waals surface area contributed by atoms with Crippen molar-refractivity contribution in [1.82, 2.24) is 0 Å². The van der Waals surface area contributed by atoms with Crippen LogP contribution in [0.4, 0.5) is 10.1 Å². The van der Waals surface area contributed by atoms with Gasteiger partial charge in [0.05, 0.1) is 16.1 Å². The molecule has 0 aliphatic heterocycles. The number of carboxylic acids is 1. The van der Waals surface area contributed by atoms with Crippen LogP contribution in [0.15, 0.2) is 42.5 Å². The normalized spacial score (nSPS) is 9.62. The number of nitrogens with one attached hydrogen (secondary N) is 1. The highest BCUT2D eigenvalue weighted by Crippen LogP contribution is 2.21. The number of benzene rings is 2. The maximum absolute atomic E-state index is 13.6. The van der Waals surface area contributed by atoms with Gasteiger partial charge in [-0.2, -0.15) is 0 Å². The molecule has 0 aliphatic carbocycles. The molecule has 7 heteroatoms. The number of amides is 1. The van der Waals surface area contributed by atoms with Crippen molar-refractivity contribution in [2.75, 3.05) is 5.32 Å². The van der Waals surface area contributed by atoms with Gasteiger partial charge in [-0.25, -0.2) is 9.18 Å². The van der Waals surface area contributed by atoms with Crippen LogP contribution in [0.2, 0.25) is 5.02 Å². The quantitative estimate of drug-likeness (QED) is 0.898. The van der Waals surface area contributed by atoms with Gasteiger partial charge in [-0.3, -0.25) is 4.79 Å². The molecule has 0 saturated heterocycles. The van der Waals surface area contributed by atoms with Crippen LogP contribution in [0.1, 0.15) is 20.7 Å². The van der Waals surface area contributed by atoms with E-state index in [0.29, 0.717) is 0 Å². The summed E-state index contributed by atoms with van der Waals surface area (Å²) in [4.78, 5) is 22.8. The molecule has 0 spiro atoms. The second-order valence-electron chi connectivity index (χ2n) is 3.94. The van der Waals surface area contributed by atoms with E-state index in [-0.39, 0.29) is 34.2 Å². The van der Waals surface area contributed by atoms with Crippen molar-refractivity contribution < 1.29 is 19.1 Å². The number of halogens is 3. The molecule has 2 aromatic carbocycles. The molecule has 21 heavy (non-hydrogen) atoms. The lowest BCUT2D eigenvalue weighted by Gasteiger charge is -2.08. The average Bonchev–Trinajstić information content (AvgIpc) is 2.38. The largest absolute Gasteiger partial charge is 0.478 e. The lowest BCUT2D eigenvalue weighted by molar-refractivity contribution is 0.0696. The zero-order valence-electron chi connectivity index (χ0n) is 10.5. The molecule has 0 aliphatic rings. The minimum Gasteiger partial charge on any atom is -0.478 e. The van der Waals surface area contributed by atoms with Crippen LogP contribution in [0.5, 0.6) is 0 Å². The van der Waals surface area contributed by atoms with Crippen LogP contribution < -0.4 is 5.32 Å². The van der Waals surface area contributed by atoms with Crippen molar-refractivity contribution in [3.8, 4) is 0 Å². The van der Waals surface area contributed by atoms with Gasteiger partial charge in [0.15, 0.2) is 0 Å². The molecule has 0 bridgehead atoms. The zero-order chi connectivity index (χ0) is 14.7. The number of aromatic carboxylic acids is 1. The molecule has 2 N–H and O–H groups in total. The minimum atomic E-state index is -1.12. The van der Waals surface area contributed by atoms with Gasteiger partial charge in [-0.15, -0.1) is 12.4 Å². The highest BCUT2D eigenvalue weighted by Gasteiger charge is 2.16. The van der Waals surface area contributed by atoms with Crippen molar-refractivity contribution in [2.24, 2.45) is 0 Å². The predicted octanol–water partition coefficient (Wildman–Crippen LogP) is 3.85. The summed E-state index contributed by atoms with van der Waals surface area (Å²) in [6, 6.07) is 9.53. The van der Waals surface area contributed by atoms with Crippen molar-refractivity contribution >= 4 is 41.6 Å². The van der Waals surface area contributed by atoms with E-state index in [0.717, 1.165) is 6.07 Å². The molecule has 110 valence electrons. The predicted molar refractivity (Wildman–Crippen MR) is 80.0 cm³/mol. The van der Waals surface area contributed by atoms with E-state index in [1.165, 1.54) is 36.4 Å². The second-order valence-corrected chi connectivity index (χ2v) is 4.34. The van der Waals surface area contributed by atoms with Crippen LogP contribution >= 0.6 is 24.0 Å². The van der Waals surface area contributed by atoms with Crippen LogP contribution in [0.25, 0.3) is 0 Å². The summed E-state index contributed by atoms with van der Waals surface area (Å²) in [6.07, 6.45) is 0. The zero-order valence-corrected chi connectivity index (χ0v) is 12.0. The first-order valence-electron chi connectivity index (χ1n) is 5.58. The van der Waals surface area contributed by atoms with Crippen LogP contribution in [-0.4, -0.2) is 17.0 Å². The number of hydrogen-bond donors (Lipinski definition) is 2. The molecule has 0 fully saturated rings. The third-order valence-corrected chi connectivity index (χ3v) is 2.87.